The van der Waals surface area contributed by atoms with Crippen LogP contribution in [0.25, 0.3) is 11.0 Å². The highest BCUT2D eigenvalue weighted by atomic mass is 35.5. The number of fused-ring (bicyclic) bond motifs is 1. The number of aromatic nitrogens is 2. The van der Waals surface area contributed by atoms with Gasteiger partial charge in [-0.15, -0.1) is 11.6 Å². The zero-order chi connectivity index (χ0) is 14.2. The van der Waals surface area contributed by atoms with Crippen molar-refractivity contribution in [3.8, 4) is 0 Å². The Balaban J connectivity index is 2.03. The van der Waals surface area contributed by atoms with Gasteiger partial charge in [-0.05, 0) is 36.8 Å². The third kappa shape index (κ3) is 2.45. The summed E-state index contributed by atoms with van der Waals surface area (Å²) in [5.74, 6) is 1.43. The van der Waals surface area contributed by atoms with Crippen molar-refractivity contribution in [3.63, 3.8) is 0 Å². The van der Waals surface area contributed by atoms with Gasteiger partial charge in [0.25, 0.3) is 0 Å². The summed E-state index contributed by atoms with van der Waals surface area (Å²) in [7, 11) is 0. The molecule has 1 fully saturated rings. The van der Waals surface area contributed by atoms with Crippen LogP contribution in [0.5, 0.6) is 0 Å². The highest BCUT2D eigenvalue weighted by Gasteiger charge is 2.29. The van der Waals surface area contributed by atoms with Crippen LogP contribution in [0.4, 0.5) is 0 Å². The molecule has 2 heterocycles. The number of rotatable bonds is 3. The average Bonchev–Trinajstić information content (AvgIpc) is 2.79. The molecule has 0 atom stereocenters. The molecule has 3 rings (SSSR count). The van der Waals surface area contributed by atoms with Gasteiger partial charge < -0.3 is 9.30 Å². The third-order valence-corrected chi connectivity index (χ3v) is 4.66. The van der Waals surface area contributed by atoms with E-state index in [1.54, 1.807) is 0 Å². The fourth-order valence-corrected chi connectivity index (χ4v) is 3.22. The first-order valence-corrected chi connectivity index (χ1v) is 7.75. The van der Waals surface area contributed by atoms with E-state index in [-0.39, 0.29) is 5.41 Å². The number of alkyl halides is 1. The normalized spacial score (nSPS) is 18.6. The molecule has 0 amide bonds. The summed E-state index contributed by atoms with van der Waals surface area (Å²) in [5, 5.41) is 0. The Kier molecular flexibility index (Phi) is 3.74. The Hall–Kier alpha value is -1.06. The van der Waals surface area contributed by atoms with Gasteiger partial charge in [-0.3, -0.25) is 0 Å². The maximum Gasteiger partial charge on any atom is 0.124 e. The Morgan fingerprint density at radius 3 is 2.80 bits per heavy atom. The lowest BCUT2D eigenvalue weighted by atomic mass is 9.82. The summed E-state index contributed by atoms with van der Waals surface area (Å²) < 4.78 is 7.80. The van der Waals surface area contributed by atoms with Crippen molar-refractivity contribution in [2.24, 2.45) is 5.41 Å². The van der Waals surface area contributed by atoms with Crippen LogP contribution < -0.4 is 0 Å². The zero-order valence-electron chi connectivity index (χ0n) is 12.2. The number of benzene rings is 1. The van der Waals surface area contributed by atoms with E-state index >= 15 is 0 Å². The molecule has 1 aliphatic heterocycles. The van der Waals surface area contributed by atoms with Crippen molar-refractivity contribution in [3.05, 3.63) is 29.6 Å². The molecule has 1 aromatic heterocycles. The maximum absolute atomic E-state index is 6.11. The van der Waals surface area contributed by atoms with E-state index in [1.165, 1.54) is 11.1 Å². The number of ether oxygens (including phenoxy) is 1. The standard InChI is InChI=1S/C16H21ClN2O/c1-12-4-3-5-13-15(12)18-14(10-17)19(13)11-16(2)6-8-20-9-7-16/h3-5H,6-11H2,1-2H3. The van der Waals surface area contributed by atoms with Crippen LogP contribution >= 0.6 is 11.6 Å². The van der Waals surface area contributed by atoms with Gasteiger partial charge in [0.2, 0.25) is 0 Å². The van der Waals surface area contributed by atoms with Crippen LogP contribution in [-0.4, -0.2) is 22.8 Å². The molecule has 0 spiro atoms. The molecule has 0 saturated carbocycles. The van der Waals surface area contributed by atoms with Crippen LogP contribution in [0.3, 0.4) is 0 Å². The highest BCUT2D eigenvalue weighted by molar-refractivity contribution is 6.16. The molecule has 0 radical (unpaired) electrons. The lowest BCUT2D eigenvalue weighted by molar-refractivity contribution is 0.0157. The number of hydrogen-bond donors (Lipinski definition) is 0. The quantitative estimate of drug-likeness (QED) is 0.802. The number of halogens is 1. The lowest BCUT2D eigenvalue weighted by Gasteiger charge is -2.34. The predicted molar refractivity (Wildman–Crippen MR) is 82.2 cm³/mol. The van der Waals surface area contributed by atoms with E-state index in [1.807, 2.05) is 0 Å². The fourth-order valence-electron chi connectivity index (χ4n) is 3.02. The highest BCUT2D eigenvalue weighted by Crippen LogP contribution is 2.34. The SMILES string of the molecule is Cc1cccc2c1nc(CCl)n2CC1(C)CCOCC1. The molecule has 1 aromatic carbocycles. The summed E-state index contributed by atoms with van der Waals surface area (Å²) in [4.78, 5) is 4.73. The second-order valence-corrected chi connectivity index (χ2v) is 6.38. The molecule has 0 aliphatic carbocycles. The van der Waals surface area contributed by atoms with Crippen molar-refractivity contribution in [2.45, 2.75) is 39.1 Å². The fraction of sp³-hybridized carbons (Fsp3) is 0.562. The Bertz CT molecular complexity index is 614. The van der Waals surface area contributed by atoms with E-state index in [4.69, 9.17) is 21.3 Å². The lowest BCUT2D eigenvalue weighted by Crippen LogP contribution is -2.31. The minimum atomic E-state index is 0.274. The van der Waals surface area contributed by atoms with Gasteiger partial charge in [-0.1, -0.05) is 19.1 Å². The van der Waals surface area contributed by atoms with Crippen LogP contribution in [-0.2, 0) is 17.2 Å². The van der Waals surface area contributed by atoms with Crippen LogP contribution in [0.2, 0.25) is 0 Å². The van der Waals surface area contributed by atoms with E-state index in [2.05, 4.69) is 36.6 Å². The molecule has 0 unspecified atom stereocenters. The van der Waals surface area contributed by atoms with Crippen LogP contribution in [0.15, 0.2) is 18.2 Å². The first-order chi connectivity index (χ1) is 9.63. The largest absolute Gasteiger partial charge is 0.381 e. The molecule has 4 heteroatoms. The minimum Gasteiger partial charge on any atom is -0.381 e. The van der Waals surface area contributed by atoms with E-state index in [0.29, 0.717) is 5.88 Å². The number of hydrogen-bond acceptors (Lipinski definition) is 2. The number of aryl methyl sites for hydroxylation is 1. The van der Waals surface area contributed by atoms with Gasteiger partial charge in [0.1, 0.15) is 5.82 Å². The molecule has 3 nitrogen and oxygen atoms in total. The van der Waals surface area contributed by atoms with Gasteiger partial charge >= 0.3 is 0 Å². The van der Waals surface area contributed by atoms with Gasteiger partial charge in [-0.25, -0.2) is 4.98 Å². The smallest absolute Gasteiger partial charge is 0.124 e. The van der Waals surface area contributed by atoms with Crippen LogP contribution in [0.1, 0.15) is 31.2 Å². The molecular weight excluding hydrogens is 272 g/mol. The molecule has 1 aliphatic rings. The monoisotopic (exact) mass is 292 g/mol. The number of para-hydroxylation sites is 1. The topological polar surface area (TPSA) is 27.1 Å². The average molecular weight is 293 g/mol. The van der Waals surface area contributed by atoms with Crippen molar-refractivity contribution >= 4 is 22.6 Å². The Morgan fingerprint density at radius 2 is 2.10 bits per heavy atom. The molecule has 0 N–H and O–H groups in total. The Labute approximate surface area is 124 Å². The van der Waals surface area contributed by atoms with E-state index < -0.39 is 0 Å². The molecule has 1 saturated heterocycles. The van der Waals surface area contributed by atoms with Crippen molar-refractivity contribution < 1.29 is 4.74 Å². The van der Waals surface area contributed by atoms with Crippen LogP contribution in [0, 0.1) is 12.3 Å². The summed E-state index contributed by atoms with van der Waals surface area (Å²) >= 11 is 6.11. The second-order valence-electron chi connectivity index (χ2n) is 6.11. The molecule has 2 aromatic rings. The first-order valence-electron chi connectivity index (χ1n) is 7.21. The summed E-state index contributed by atoms with van der Waals surface area (Å²) in [6.07, 6.45) is 2.19. The summed E-state index contributed by atoms with van der Waals surface area (Å²) in [6.45, 7) is 7.14. The summed E-state index contributed by atoms with van der Waals surface area (Å²) in [6, 6.07) is 6.35. The number of imidazole rings is 1. The molecular formula is C16H21ClN2O. The number of nitrogens with zero attached hydrogens (tertiary/aromatic N) is 2. The minimum absolute atomic E-state index is 0.274. The van der Waals surface area contributed by atoms with Gasteiger partial charge in [0, 0.05) is 19.8 Å². The maximum atomic E-state index is 6.11. The van der Waals surface area contributed by atoms with Gasteiger partial charge in [0.05, 0.1) is 16.9 Å². The van der Waals surface area contributed by atoms with Gasteiger partial charge in [0.15, 0.2) is 0 Å². The first kappa shape index (κ1) is 13.9. The Morgan fingerprint density at radius 1 is 1.35 bits per heavy atom. The molecule has 20 heavy (non-hydrogen) atoms. The zero-order valence-corrected chi connectivity index (χ0v) is 12.9. The second kappa shape index (κ2) is 5.38. The summed E-state index contributed by atoms with van der Waals surface area (Å²) in [5.41, 5.74) is 3.77. The van der Waals surface area contributed by atoms with Crippen molar-refractivity contribution in [1.29, 1.82) is 0 Å². The molecule has 0 bridgehead atoms. The predicted octanol–water partition coefficient (Wildman–Crippen LogP) is 3.90. The van der Waals surface area contributed by atoms with Crippen molar-refractivity contribution in [2.75, 3.05) is 13.2 Å². The van der Waals surface area contributed by atoms with E-state index in [9.17, 15) is 0 Å². The third-order valence-electron chi connectivity index (χ3n) is 4.42. The van der Waals surface area contributed by atoms with Gasteiger partial charge in [-0.2, -0.15) is 0 Å². The van der Waals surface area contributed by atoms with E-state index in [0.717, 1.165) is 43.9 Å². The molecule has 108 valence electrons. The van der Waals surface area contributed by atoms with Crippen molar-refractivity contribution in [1.82, 2.24) is 9.55 Å².